The SMILES string of the molecule is CN(CC(=O)Nc1ccc(Br)cn1)CC(=O)Nc1ccccc1-c1ccccc1. The molecule has 2 N–H and O–H groups in total. The molecule has 2 amide bonds. The van der Waals surface area contributed by atoms with Gasteiger partial charge >= 0.3 is 0 Å². The molecule has 148 valence electrons. The minimum atomic E-state index is -0.236. The molecule has 3 aromatic rings. The van der Waals surface area contributed by atoms with Crippen molar-refractivity contribution in [3.05, 3.63) is 77.4 Å². The number of halogens is 1. The lowest BCUT2D eigenvalue weighted by atomic mass is 10.0. The molecule has 0 fully saturated rings. The smallest absolute Gasteiger partial charge is 0.239 e. The number of likely N-dealkylation sites (N-methyl/N-ethyl adjacent to an activating group) is 1. The maximum absolute atomic E-state index is 12.5. The Kier molecular flexibility index (Phi) is 7.10. The van der Waals surface area contributed by atoms with Crippen LogP contribution in [0.5, 0.6) is 0 Å². The fourth-order valence-corrected chi connectivity index (χ4v) is 3.06. The van der Waals surface area contributed by atoms with Crippen LogP contribution in [0.4, 0.5) is 11.5 Å². The first-order chi connectivity index (χ1) is 14.0. The highest BCUT2D eigenvalue weighted by Crippen LogP contribution is 2.27. The molecule has 0 atom stereocenters. The molecule has 3 rings (SSSR count). The van der Waals surface area contributed by atoms with E-state index in [0.717, 1.165) is 21.3 Å². The third kappa shape index (κ3) is 6.23. The molecule has 0 saturated carbocycles. The normalized spacial score (nSPS) is 10.6. The van der Waals surface area contributed by atoms with Gasteiger partial charge in [-0.1, -0.05) is 48.5 Å². The first-order valence-corrected chi connectivity index (χ1v) is 9.85. The summed E-state index contributed by atoms with van der Waals surface area (Å²) in [5, 5.41) is 5.65. The predicted octanol–water partition coefficient (Wildman–Crippen LogP) is 4.02. The maximum Gasteiger partial charge on any atom is 0.239 e. The Morgan fingerprint density at radius 2 is 1.55 bits per heavy atom. The fraction of sp³-hybridized carbons (Fsp3) is 0.136. The minimum Gasteiger partial charge on any atom is -0.324 e. The Bertz CT molecular complexity index is 978. The van der Waals surface area contributed by atoms with Crippen molar-refractivity contribution in [1.82, 2.24) is 9.88 Å². The van der Waals surface area contributed by atoms with Crippen LogP contribution in [0.2, 0.25) is 0 Å². The van der Waals surface area contributed by atoms with E-state index in [9.17, 15) is 9.59 Å². The topological polar surface area (TPSA) is 74.3 Å². The third-order valence-electron chi connectivity index (χ3n) is 4.11. The van der Waals surface area contributed by atoms with Gasteiger partial charge in [0.25, 0.3) is 0 Å². The predicted molar refractivity (Wildman–Crippen MR) is 119 cm³/mol. The van der Waals surface area contributed by atoms with E-state index >= 15 is 0 Å². The van der Waals surface area contributed by atoms with Crippen LogP contribution in [0, 0.1) is 0 Å². The van der Waals surface area contributed by atoms with E-state index < -0.39 is 0 Å². The van der Waals surface area contributed by atoms with E-state index in [2.05, 4.69) is 31.5 Å². The number of aromatic nitrogens is 1. The standard InChI is InChI=1S/C22H21BrN4O2/c1-27(15-22(29)26-20-12-11-17(23)13-24-20)14-21(28)25-19-10-6-5-9-18(19)16-7-3-2-4-8-16/h2-13H,14-15H2,1H3,(H,25,28)(H,24,26,29). The summed E-state index contributed by atoms with van der Waals surface area (Å²) in [7, 11) is 1.72. The summed E-state index contributed by atoms with van der Waals surface area (Å²) in [5.74, 6) is 0.0399. The second-order valence-electron chi connectivity index (χ2n) is 6.54. The summed E-state index contributed by atoms with van der Waals surface area (Å²) in [6, 6.07) is 21.0. The van der Waals surface area contributed by atoms with E-state index in [0.29, 0.717) is 5.82 Å². The molecule has 0 saturated heterocycles. The Balaban J connectivity index is 1.55. The fourth-order valence-electron chi connectivity index (χ4n) is 2.83. The molecule has 0 unspecified atom stereocenters. The van der Waals surface area contributed by atoms with E-state index in [-0.39, 0.29) is 24.9 Å². The molecule has 29 heavy (non-hydrogen) atoms. The number of pyridine rings is 1. The largest absolute Gasteiger partial charge is 0.324 e. The van der Waals surface area contributed by atoms with Crippen molar-refractivity contribution in [1.29, 1.82) is 0 Å². The third-order valence-corrected chi connectivity index (χ3v) is 4.58. The zero-order valence-corrected chi connectivity index (χ0v) is 17.5. The highest BCUT2D eigenvalue weighted by Gasteiger charge is 2.13. The van der Waals surface area contributed by atoms with Crippen LogP contribution in [-0.4, -0.2) is 41.8 Å². The summed E-state index contributed by atoms with van der Waals surface area (Å²) in [6.07, 6.45) is 1.61. The van der Waals surface area contributed by atoms with Gasteiger partial charge in [-0.05, 0) is 46.7 Å². The lowest BCUT2D eigenvalue weighted by Gasteiger charge is -2.17. The van der Waals surface area contributed by atoms with Crippen molar-refractivity contribution in [3.8, 4) is 11.1 Å². The number of para-hydroxylation sites is 1. The van der Waals surface area contributed by atoms with Gasteiger partial charge in [-0.25, -0.2) is 4.98 Å². The molecule has 0 aliphatic carbocycles. The van der Waals surface area contributed by atoms with E-state index in [1.807, 2.05) is 54.6 Å². The molecule has 7 heteroatoms. The number of carbonyl (C=O) groups is 2. The molecular formula is C22H21BrN4O2. The number of nitrogens with zero attached hydrogens (tertiary/aromatic N) is 2. The Hall–Kier alpha value is -3.03. The van der Waals surface area contributed by atoms with Crippen molar-refractivity contribution in [3.63, 3.8) is 0 Å². The van der Waals surface area contributed by atoms with Gasteiger partial charge in [0.05, 0.1) is 13.1 Å². The summed E-state index contributed by atoms with van der Waals surface area (Å²) in [6.45, 7) is 0.163. The van der Waals surface area contributed by atoms with Gasteiger partial charge in [-0.3, -0.25) is 14.5 Å². The van der Waals surface area contributed by atoms with Gasteiger partial charge in [-0.2, -0.15) is 0 Å². The van der Waals surface area contributed by atoms with Gasteiger partial charge in [-0.15, -0.1) is 0 Å². The first kappa shape index (κ1) is 20.7. The molecular weight excluding hydrogens is 432 g/mol. The Morgan fingerprint density at radius 3 is 2.24 bits per heavy atom. The van der Waals surface area contributed by atoms with Gasteiger partial charge in [0, 0.05) is 21.9 Å². The summed E-state index contributed by atoms with van der Waals surface area (Å²) >= 11 is 3.30. The molecule has 0 aliphatic heterocycles. The van der Waals surface area contributed by atoms with Gasteiger partial charge in [0.15, 0.2) is 0 Å². The average Bonchev–Trinajstić information content (AvgIpc) is 2.70. The van der Waals surface area contributed by atoms with Crippen LogP contribution in [0.25, 0.3) is 11.1 Å². The highest BCUT2D eigenvalue weighted by atomic mass is 79.9. The number of nitrogens with one attached hydrogen (secondary N) is 2. The van der Waals surface area contributed by atoms with Gasteiger partial charge in [0.1, 0.15) is 5.82 Å². The summed E-state index contributed by atoms with van der Waals surface area (Å²) in [4.78, 5) is 30.4. The zero-order chi connectivity index (χ0) is 20.6. The molecule has 0 bridgehead atoms. The van der Waals surface area contributed by atoms with Crippen LogP contribution in [-0.2, 0) is 9.59 Å². The number of rotatable bonds is 7. The average molecular weight is 453 g/mol. The second kappa shape index (κ2) is 9.95. The maximum atomic E-state index is 12.5. The lowest BCUT2D eigenvalue weighted by Crippen LogP contribution is -2.36. The van der Waals surface area contributed by atoms with Gasteiger partial charge < -0.3 is 10.6 Å². The van der Waals surface area contributed by atoms with Crippen LogP contribution < -0.4 is 10.6 Å². The van der Waals surface area contributed by atoms with Crippen molar-refractivity contribution >= 4 is 39.2 Å². The van der Waals surface area contributed by atoms with E-state index in [1.54, 1.807) is 30.3 Å². The monoisotopic (exact) mass is 452 g/mol. The number of hydrogen-bond donors (Lipinski definition) is 2. The van der Waals surface area contributed by atoms with E-state index in [4.69, 9.17) is 0 Å². The molecule has 0 aliphatic rings. The molecule has 6 nitrogen and oxygen atoms in total. The second-order valence-corrected chi connectivity index (χ2v) is 7.46. The number of anilines is 2. The number of hydrogen-bond acceptors (Lipinski definition) is 4. The number of carbonyl (C=O) groups excluding carboxylic acids is 2. The van der Waals surface area contributed by atoms with Crippen molar-refractivity contribution in [2.45, 2.75) is 0 Å². The summed E-state index contributed by atoms with van der Waals surface area (Å²) < 4.78 is 0.833. The molecule has 0 radical (unpaired) electrons. The van der Waals surface area contributed by atoms with Crippen molar-refractivity contribution < 1.29 is 9.59 Å². The Morgan fingerprint density at radius 1 is 0.897 bits per heavy atom. The number of benzene rings is 2. The molecule has 1 heterocycles. The van der Waals surface area contributed by atoms with Crippen LogP contribution >= 0.6 is 15.9 Å². The van der Waals surface area contributed by atoms with Crippen LogP contribution in [0.1, 0.15) is 0 Å². The van der Waals surface area contributed by atoms with Crippen LogP contribution in [0.3, 0.4) is 0 Å². The van der Waals surface area contributed by atoms with Crippen LogP contribution in [0.15, 0.2) is 77.4 Å². The van der Waals surface area contributed by atoms with Crippen molar-refractivity contribution in [2.75, 3.05) is 30.8 Å². The first-order valence-electron chi connectivity index (χ1n) is 9.05. The highest BCUT2D eigenvalue weighted by molar-refractivity contribution is 9.10. The molecule has 0 spiro atoms. The van der Waals surface area contributed by atoms with Gasteiger partial charge in [0.2, 0.25) is 11.8 Å². The number of amides is 2. The van der Waals surface area contributed by atoms with Crippen molar-refractivity contribution in [2.24, 2.45) is 0 Å². The zero-order valence-electron chi connectivity index (χ0n) is 15.9. The quantitative estimate of drug-likeness (QED) is 0.567. The lowest BCUT2D eigenvalue weighted by molar-refractivity contribution is -0.119. The molecule has 2 aromatic carbocycles. The summed E-state index contributed by atoms with van der Waals surface area (Å²) in [5.41, 5.74) is 2.71. The molecule has 1 aromatic heterocycles. The Labute approximate surface area is 178 Å². The van der Waals surface area contributed by atoms with E-state index in [1.165, 1.54) is 0 Å². The minimum absolute atomic E-state index is 0.0749.